The fourth-order valence-corrected chi connectivity index (χ4v) is 6.19. The lowest BCUT2D eigenvalue weighted by Gasteiger charge is -2.37. The Kier molecular flexibility index (Phi) is 7.92. The molecule has 10 heteroatoms. The van der Waals surface area contributed by atoms with Gasteiger partial charge in [-0.2, -0.15) is 0 Å². The van der Waals surface area contributed by atoms with Crippen molar-refractivity contribution in [3.8, 4) is 5.75 Å². The number of nitrogens with zero attached hydrogens (tertiary/aromatic N) is 1. The average molecular weight is 480 g/mol. The number of anilines is 1. The monoisotopic (exact) mass is 479 g/mol. The third-order valence-corrected chi connectivity index (χ3v) is 7.75. The number of amides is 1. The highest BCUT2D eigenvalue weighted by atomic mass is 32.2. The molecule has 0 aromatic heterocycles. The minimum Gasteiger partial charge on any atom is -0.406 e. The van der Waals surface area contributed by atoms with Crippen molar-refractivity contribution in [1.82, 2.24) is 0 Å². The van der Waals surface area contributed by atoms with Gasteiger partial charge in [-0.05, 0) is 67.7 Å². The van der Waals surface area contributed by atoms with E-state index in [0.29, 0.717) is 24.9 Å². The number of carbonyl (C=O) groups excluding carboxylic acids is 1. The van der Waals surface area contributed by atoms with Gasteiger partial charge in [0.05, 0.1) is 11.5 Å². The maximum Gasteiger partial charge on any atom is 0.573 e. The molecule has 0 atom stereocenters. The first-order chi connectivity index (χ1) is 14.5. The van der Waals surface area contributed by atoms with E-state index in [1.807, 2.05) is 20.8 Å². The van der Waals surface area contributed by atoms with Crippen molar-refractivity contribution in [2.24, 2.45) is 11.3 Å². The van der Waals surface area contributed by atoms with Crippen LogP contribution < -0.4 is 9.64 Å². The number of halogens is 3. The van der Waals surface area contributed by atoms with Crippen LogP contribution in [0.15, 0.2) is 24.3 Å². The molecular weight excluding hydrogens is 447 g/mol. The number of ether oxygens (including phenoxy) is 1. The largest absolute Gasteiger partial charge is 0.573 e. The van der Waals surface area contributed by atoms with Crippen molar-refractivity contribution < 1.29 is 36.2 Å². The lowest BCUT2D eigenvalue weighted by atomic mass is 9.77. The molecule has 0 spiro atoms. The maximum atomic E-state index is 12.9. The second kappa shape index (κ2) is 9.59. The fourth-order valence-electron chi connectivity index (χ4n) is 4.04. The number of sulfone groups is 1. The highest BCUT2D eigenvalue weighted by Gasteiger charge is 2.42. The van der Waals surface area contributed by atoms with Gasteiger partial charge in [-0.15, -0.1) is 13.2 Å². The van der Waals surface area contributed by atoms with Crippen molar-refractivity contribution >= 4 is 21.4 Å². The van der Waals surface area contributed by atoms with Crippen LogP contribution in [-0.2, 0) is 14.6 Å². The molecule has 182 valence electrons. The summed E-state index contributed by atoms with van der Waals surface area (Å²) < 4.78 is 65.3. The number of rotatable bonds is 7. The summed E-state index contributed by atoms with van der Waals surface area (Å²) in [4.78, 5) is 14.1. The molecule has 1 fully saturated rings. The summed E-state index contributed by atoms with van der Waals surface area (Å²) in [6.07, 6.45) is -2.84. The van der Waals surface area contributed by atoms with E-state index in [1.54, 1.807) is 0 Å². The van der Waals surface area contributed by atoms with Crippen LogP contribution in [0.5, 0.6) is 5.75 Å². The van der Waals surface area contributed by atoms with Gasteiger partial charge >= 0.3 is 6.36 Å². The molecule has 2 rings (SSSR count). The Morgan fingerprint density at radius 2 is 1.69 bits per heavy atom. The summed E-state index contributed by atoms with van der Waals surface area (Å²) in [7, 11) is -1.72. The molecule has 1 saturated carbocycles. The number of likely N-dealkylation sites (N-methyl/N-ethyl adjacent to an activating group) is 1. The number of carbonyl (C=O) groups is 1. The van der Waals surface area contributed by atoms with Gasteiger partial charge in [0.1, 0.15) is 11.4 Å². The van der Waals surface area contributed by atoms with Gasteiger partial charge in [0.15, 0.2) is 9.84 Å². The second-order valence-electron chi connectivity index (χ2n) is 9.82. The molecule has 0 radical (unpaired) electrons. The molecule has 6 nitrogen and oxygen atoms in total. The minimum absolute atomic E-state index is 0.0908. The second-order valence-corrected chi connectivity index (χ2v) is 12.0. The summed E-state index contributed by atoms with van der Waals surface area (Å²) in [5.74, 6) is -0.620. The van der Waals surface area contributed by atoms with E-state index < -0.39 is 33.5 Å². The lowest BCUT2D eigenvalue weighted by molar-refractivity contribution is -0.274. The SMILES string of the molecule is CN(C(=O)C1(O)CCC(CCS(=O)(=O)CC(C)(C)C)CC1)c1ccc(OC(F)(F)F)cc1. The van der Waals surface area contributed by atoms with E-state index in [4.69, 9.17) is 0 Å². The Labute approximate surface area is 187 Å². The molecule has 1 aromatic rings. The molecule has 1 amide bonds. The molecule has 0 saturated heterocycles. The molecular formula is C22H32F3NO5S. The molecule has 0 aliphatic heterocycles. The highest BCUT2D eigenvalue weighted by molar-refractivity contribution is 7.91. The Morgan fingerprint density at radius 3 is 2.16 bits per heavy atom. The van der Waals surface area contributed by atoms with Crippen molar-refractivity contribution in [2.75, 3.05) is 23.5 Å². The van der Waals surface area contributed by atoms with Gasteiger partial charge in [0.2, 0.25) is 0 Å². The van der Waals surface area contributed by atoms with Crippen LogP contribution in [0.4, 0.5) is 18.9 Å². The molecule has 0 heterocycles. The average Bonchev–Trinajstić information content (AvgIpc) is 2.64. The van der Waals surface area contributed by atoms with Crippen molar-refractivity contribution in [3.63, 3.8) is 0 Å². The van der Waals surface area contributed by atoms with Gasteiger partial charge in [-0.25, -0.2) is 8.42 Å². The van der Waals surface area contributed by atoms with Crippen molar-refractivity contribution in [3.05, 3.63) is 24.3 Å². The molecule has 1 N–H and O–H groups in total. The predicted molar refractivity (Wildman–Crippen MR) is 116 cm³/mol. The van der Waals surface area contributed by atoms with Crippen LogP contribution in [0.2, 0.25) is 0 Å². The standard InChI is InChI=1S/C22H32F3NO5S/c1-20(2,3)15-32(29,30)14-11-16-9-12-21(28,13-10-16)19(27)26(4)17-5-7-18(8-6-17)31-22(23,24)25/h5-8,16,28H,9-15H2,1-4H3. The number of hydrogen-bond acceptors (Lipinski definition) is 5. The fraction of sp³-hybridized carbons (Fsp3) is 0.682. The maximum absolute atomic E-state index is 12.9. The Bertz CT molecular complexity index is 884. The smallest absolute Gasteiger partial charge is 0.406 e. The van der Waals surface area contributed by atoms with E-state index in [1.165, 1.54) is 24.1 Å². The summed E-state index contributed by atoms with van der Waals surface area (Å²) in [6.45, 7) is 5.64. The van der Waals surface area contributed by atoms with E-state index >= 15 is 0 Å². The summed E-state index contributed by atoms with van der Waals surface area (Å²) in [5, 5.41) is 10.9. The first-order valence-electron chi connectivity index (χ1n) is 10.6. The predicted octanol–water partition coefficient (Wildman–Crippen LogP) is 4.32. The normalized spacial score (nSPS) is 22.4. The quantitative estimate of drug-likeness (QED) is 0.630. The Hall–Kier alpha value is -1.81. The summed E-state index contributed by atoms with van der Waals surface area (Å²) in [5.41, 5.74) is -1.57. The van der Waals surface area contributed by atoms with Crippen LogP contribution in [0.1, 0.15) is 52.9 Å². The third-order valence-electron chi connectivity index (χ3n) is 5.58. The molecule has 32 heavy (non-hydrogen) atoms. The van der Waals surface area contributed by atoms with Gasteiger partial charge in [-0.3, -0.25) is 4.79 Å². The van der Waals surface area contributed by atoms with Gasteiger partial charge in [0, 0.05) is 12.7 Å². The molecule has 1 aliphatic rings. The number of alkyl halides is 3. The zero-order valence-electron chi connectivity index (χ0n) is 18.9. The highest BCUT2D eigenvalue weighted by Crippen LogP contribution is 2.36. The van der Waals surface area contributed by atoms with Gasteiger partial charge in [0.25, 0.3) is 5.91 Å². The zero-order valence-corrected chi connectivity index (χ0v) is 19.7. The Balaban J connectivity index is 1.92. The zero-order chi connectivity index (χ0) is 24.4. The third kappa shape index (κ3) is 7.95. The van der Waals surface area contributed by atoms with E-state index in [-0.39, 0.29) is 35.7 Å². The van der Waals surface area contributed by atoms with Gasteiger partial charge < -0.3 is 14.7 Å². The summed E-state index contributed by atoms with van der Waals surface area (Å²) >= 11 is 0. The van der Waals surface area contributed by atoms with Crippen LogP contribution in [0.25, 0.3) is 0 Å². The van der Waals surface area contributed by atoms with E-state index in [2.05, 4.69) is 4.74 Å². The van der Waals surface area contributed by atoms with Crippen LogP contribution in [-0.4, -0.2) is 49.9 Å². The summed E-state index contributed by atoms with van der Waals surface area (Å²) in [6, 6.07) is 4.83. The van der Waals surface area contributed by atoms with Crippen LogP contribution in [0.3, 0.4) is 0 Å². The molecule has 0 bridgehead atoms. The van der Waals surface area contributed by atoms with Crippen molar-refractivity contribution in [1.29, 1.82) is 0 Å². The van der Waals surface area contributed by atoms with E-state index in [9.17, 15) is 31.5 Å². The number of hydrogen-bond donors (Lipinski definition) is 1. The first-order valence-corrected chi connectivity index (χ1v) is 12.4. The van der Waals surface area contributed by atoms with E-state index in [0.717, 1.165) is 12.1 Å². The molecule has 1 aliphatic carbocycles. The molecule has 1 aromatic carbocycles. The molecule has 0 unspecified atom stereocenters. The first kappa shape index (κ1) is 26.4. The number of benzene rings is 1. The Morgan fingerprint density at radius 1 is 1.16 bits per heavy atom. The topological polar surface area (TPSA) is 83.9 Å². The van der Waals surface area contributed by atoms with Crippen LogP contribution in [0, 0.1) is 11.3 Å². The van der Waals surface area contributed by atoms with Crippen LogP contribution >= 0.6 is 0 Å². The minimum atomic E-state index is -4.80. The van der Waals surface area contributed by atoms with Gasteiger partial charge in [-0.1, -0.05) is 20.8 Å². The number of aliphatic hydroxyl groups is 1. The lowest BCUT2D eigenvalue weighted by Crippen LogP contribution is -2.50. The van der Waals surface area contributed by atoms with Crippen molar-refractivity contribution in [2.45, 2.75) is 64.8 Å².